The Morgan fingerprint density at radius 2 is 1.97 bits per heavy atom. The second-order valence-electron chi connectivity index (χ2n) is 8.19. The van der Waals surface area contributed by atoms with E-state index in [4.69, 9.17) is 17.0 Å². The third-order valence-corrected chi connectivity index (χ3v) is 6.28. The minimum absolute atomic E-state index is 0.0316. The lowest BCUT2D eigenvalue weighted by Crippen LogP contribution is -2.52. The number of thiazole rings is 1. The number of ether oxygens (including phenoxy) is 1. The summed E-state index contributed by atoms with van der Waals surface area (Å²) >= 11 is 6.54. The van der Waals surface area contributed by atoms with Gasteiger partial charge in [0, 0.05) is 23.1 Å². The summed E-state index contributed by atoms with van der Waals surface area (Å²) in [5.41, 5.74) is 0.379. The van der Waals surface area contributed by atoms with E-state index in [0.717, 1.165) is 25.0 Å². The van der Waals surface area contributed by atoms with E-state index in [0.29, 0.717) is 4.88 Å². The molecule has 2 aromatic heterocycles. The average molecular weight is 455 g/mol. The number of aromatic nitrogens is 2. The van der Waals surface area contributed by atoms with Gasteiger partial charge in [-0.3, -0.25) is 4.79 Å². The van der Waals surface area contributed by atoms with Crippen LogP contribution >= 0.6 is 23.6 Å². The fourth-order valence-corrected chi connectivity index (χ4v) is 4.55. The largest absolute Gasteiger partial charge is 0.468 e. The number of aryl methyl sites for hydroxylation is 1. The van der Waals surface area contributed by atoms with Crippen LogP contribution in [0.2, 0.25) is 0 Å². The predicted molar refractivity (Wildman–Crippen MR) is 116 cm³/mol. The van der Waals surface area contributed by atoms with Gasteiger partial charge in [-0.25, -0.2) is 9.88 Å². The van der Waals surface area contributed by atoms with E-state index in [1.54, 1.807) is 20.8 Å². The molecular formula is C20H24F2N4O2S2. The van der Waals surface area contributed by atoms with Crippen molar-refractivity contribution in [2.45, 2.75) is 59.6 Å². The van der Waals surface area contributed by atoms with Gasteiger partial charge in [0.1, 0.15) is 5.69 Å². The number of hydrogen-bond donors (Lipinski definition) is 1. The number of thiocarbonyl (C=S) groups is 1. The summed E-state index contributed by atoms with van der Waals surface area (Å²) < 4.78 is 33.1. The summed E-state index contributed by atoms with van der Waals surface area (Å²) in [6, 6.07) is 2.15. The Kier molecular flexibility index (Phi) is 6.37. The van der Waals surface area contributed by atoms with Crippen molar-refractivity contribution < 1.29 is 18.3 Å². The molecule has 2 aromatic rings. The molecule has 162 valence electrons. The molecular weight excluding hydrogens is 430 g/mol. The second-order valence-corrected chi connectivity index (χ2v) is 9.72. The van der Waals surface area contributed by atoms with Gasteiger partial charge in [-0.05, 0) is 51.2 Å². The van der Waals surface area contributed by atoms with E-state index in [-0.39, 0.29) is 45.2 Å². The Labute approximate surface area is 183 Å². The minimum Gasteiger partial charge on any atom is -0.468 e. The number of carbonyl (C=O) groups is 1. The Bertz CT molecular complexity index is 957. The summed E-state index contributed by atoms with van der Waals surface area (Å²) in [4.78, 5) is 22.3. The van der Waals surface area contributed by atoms with Gasteiger partial charge in [-0.2, -0.15) is 13.8 Å². The van der Waals surface area contributed by atoms with Crippen molar-refractivity contribution >= 4 is 45.5 Å². The standard InChI is InChI=1S/C20H24F2N4O2S2/c1-10(2)28-19(29)26(12-8-14(21)24-15(22)9-12)18-25-16(11(3)30-18)17(27)23-13-6-7-20(13,4)5/h8-10,13H,6-7H2,1-5H3,(H,23,27). The molecule has 1 aliphatic rings. The molecule has 0 spiro atoms. The van der Waals surface area contributed by atoms with Crippen LogP contribution in [0.5, 0.6) is 0 Å². The highest BCUT2D eigenvalue weighted by Crippen LogP contribution is 2.40. The van der Waals surface area contributed by atoms with Gasteiger partial charge in [0.05, 0.1) is 11.8 Å². The number of nitrogens with one attached hydrogen (secondary N) is 1. The number of pyridine rings is 1. The van der Waals surface area contributed by atoms with Gasteiger partial charge in [-0.15, -0.1) is 11.3 Å². The van der Waals surface area contributed by atoms with Gasteiger partial charge in [0.15, 0.2) is 5.13 Å². The highest BCUT2D eigenvalue weighted by molar-refractivity contribution is 7.80. The normalized spacial score (nSPS) is 17.4. The van der Waals surface area contributed by atoms with Crippen LogP contribution in [-0.2, 0) is 4.74 Å². The summed E-state index contributed by atoms with van der Waals surface area (Å²) in [6.45, 7) is 9.54. The lowest BCUT2D eigenvalue weighted by Gasteiger charge is -2.44. The molecule has 30 heavy (non-hydrogen) atoms. The van der Waals surface area contributed by atoms with Crippen molar-refractivity contribution in [2.24, 2.45) is 5.41 Å². The molecule has 0 radical (unpaired) electrons. The topological polar surface area (TPSA) is 67.3 Å². The van der Waals surface area contributed by atoms with Crippen molar-refractivity contribution in [2.75, 3.05) is 4.90 Å². The van der Waals surface area contributed by atoms with E-state index < -0.39 is 11.9 Å². The Hall–Kier alpha value is -2.20. The fraction of sp³-hybridized carbons (Fsp3) is 0.500. The van der Waals surface area contributed by atoms with Crippen molar-refractivity contribution in [1.82, 2.24) is 15.3 Å². The maximum absolute atomic E-state index is 13.8. The summed E-state index contributed by atoms with van der Waals surface area (Å²) in [5.74, 6) is -2.28. The highest BCUT2D eigenvalue weighted by atomic mass is 32.1. The van der Waals surface area contributed by atoms with Gasteiger partial charge < -0.3 is 10.1 Å². The van der Waals surface area contributed by atoms with Gasteiger partial charge >= 0.3 is 0 Å². The van der Waals surface area contributed by atoms with Crippen molar-refractivity contribution in [1.29, 1.82) is 0 Å². The van der Waals surface area contributed by atoms with Crippen LogP contribution in [0.3, 0.4) is 0 Å². The first-order chi connectivity index (χ1) is 14.0. The maximum atomic E-state index is 13.8. The number of amides is 1. The zero-order chi connectivity index (χ0) is 22.2. The quantitative estimate of drug-likeness (QED) is 0.513. The highest BCUT2D eigenvalue weighted by Gasteiger charge is 2.40. The van der Waals surface area contributed by atoms with Crippen molar-refractivity contribution in [3.63, 3.8) is 0 Å². The molecule has 1 N–H and O–H groups in total. The lowest BCUT2D eigenvalue weighted by molar-refractivity contribution is 0.0728. The molecule has 2 heterocycles. The molecule has 1 fully saturated rings. The molecule has 1 aliphatic carbocycles. The Balaban J connectivity index is 1.95. The first-order valence-electron chi connectivity index (χ1n) is 9.60. The molecule has 3 rings (SSSR count). The van der Waals surface area contributed by atoms with Crippen LogP contribution in [0, 0.1) is 24.2 Å². The van der Waals surface area contributed by atoms with Crippen molar-refractivity contribution in [3.8, 4) is 0 Å². The van der Waals surface area contributed by atoms with E-state index in [2.05, 4.69) is 29.1 Å². The fourth-order valence-electron chi connectivity index (χ4n) is 3.18. The van der Waals surface area contributed by atoms with Crippen LogP contribution in [0.15, 0.2) is 12.1 Å². The van der Waals surface area contributed by atoms with E-state index in [1.165, 1.54) is 16.2 Å². The number of nitrogens with zero attached hydrogens (tertiary/aromatic N) is 3. The minimum atomic E-state index is -0.999. The first kappa shape index (κ1) is 22.5. The molecule has 0 aliphatic heterocycles. The number of rotatable bonds is 5. The predicted octanol–water partition coefficient (Wildman–Crippen LogP) is 4.89. The Morgan fingerprint density at radius 1 is 1.33 bits per heavy atom. The van der Waals surface area contributed by atoms with E-state index in [9.17, 15) is 13.6 Å². The third-order valence-electron chi connectivity index (χ3n) is 5.04. The molecule has 6 nitrogen and oxygen atoms in total. The number of halogens is 2. The third kappa shape index (κ3) is 4.75. The Morgan fingerprint density at radius 3 is 2.47 bits per heavy atom. The number of anilines is 2. The zero-order valence-electron chi connectivity index (χ0n) is 17.5. The molecule has 1 amide bonds. The molecule has 10 heteroatoms. The maximum Gasteiger partial charge on any atom is 0.271 e. The average Bonchev–Trinajstić information content (AvgIpc) is 2.98. The molecule has 0 saturated heterocycles. The number of hydrogen-bond acceptors (Lipinski definition) is 6. The van der Waals surface area contributed by atoms with E-state index >= 15 is 0 Å². The molecule has 0 bridgehead atoms. The van der Waals surface area contributed by atoms with Crippen LogP contribution in [0.1, 0.15) is 55.9 Å². The zero-order valence-corrected chi connectivity index (χ0v) is 19.1. The first-order valence-corrected chi connectivity index (χ1v) is 10.8. The van der Waals surface area contributed by atoms with Gasteiger partial charge in [-0.1, -0.05) is 13.8 Å². The van der Waals surface area contributed by atoms with Crippen LogP contribution in [0.25, 0.3) is 0 Å². The summed E-state index contributed by atoms with van der Waals surface area (Å²) in [7, 11) is 0. The SMILES string of the molecule is Cc1sc(N(C(=S)OC(C)C)c2cc(F)nc(F)c2)nc1C(=O)NC1CCC1(C)C. The smallest absolute Gasteiger partial charge is 0.271 e. The van der Waals surface area contributed by atoms with E-state index in [1.807, 2.05) is 0 Å². The van der Waals surface area contributed by atoms with Crippen LogP contribution in [0.4, 0.5) is 19.6 Å². The molecule has 0 aromatic carbocycles. The van der Waals surface area contributed by atoms with Crippen molar-refractivity contribution in [3.05, 3.63) is 34.6 Å². The molecule has 1 unspecified atom stereocenters. The van der Waals surface area contributed by atoms with Crippen LogP contribution in [-0.4, -0.2) is 33.2 Å². The lowest BCUT2D eigenvalue weighted by atomic mass is 9.67. The summed E-state index contributed by atoms with van der Waals surface area (Å²) in [6.07, 6.45) is 1.71. The number of carbonyl (C=O) groups excluding carboxylic acids is 1. The summed E-state index contributed by atoms with van der Waals surface area (Å²) in [5, 5.41) is 3.28. The van der Waals surface area contributed by atoms with Gasteiger partial charge in [0.25, 0.3) is 11.1 Å². The van der Waals surface area contributed by atoms with Crippen LogP contribution < -0.4 is 10.2 Å². The van der Waals surface area contributed by atoms with Gasteiger partial charge in [0.2, 0.25) is 11.9 Å². The monoisotopic (exact) mass is 454 g/mol. The molecule has 1 atom stereocenters. The second kappa shape index (κ2) is 8.50. The molecule has 1 saturated carbocycles.